The summed E-state index contributed by atoms with van der Waals surface area (Å²) in [7, 11) is -4.12. The second-order valence-corrected chi connectivity index (χ2v) is 8.10. The van der Waals surface area contributed by atoms with Crippen molar-refractivity contribution in [2.75, 3.05) is 19.6 Å². The Labute approximate surface area is 154 Å². The molecule has 25 heavy (non-hydrogen) atoms. The smallest absolute Gasteiger partial charge is 0.244 e. The summed E-state index contributed by atoms with van der Waals surface area (Å²) in [6, 6.07) is 4.35. The minimum absolute atomic E-state index is 0. The predicted octanol–water partition coefficient (Wildman–Crippen LogP) is 1.37. The molecular formula is C16H25ClFN3O3S. The van der Waals surface area contributed by atoms with Gasteiger partial charge in [0.2, 0.25) is 15.9 Å². The van der Waals surface area contributed by atoms with Gasteiger partial charge in [0, 0.05) is 25.7 Å². The average Bonchev–Trinajstić information content (AvgIpc) is 2.52. The van der Waals surface area contributed by atoms with Crippen molar-refractivity contribution in [3.63, 3.8) is 0 Å². The van der Waals surface area contributed by atoms with Gasteiger partial charge in [0.1, 0.15) is 16.8 Å². The summed E-state index contributed by atoms with van der Waals surface area (Å²) >= 11 is 0. The zero-order valence-corrected chi connectivity index (χ0v) is 16.2. The zero-order chi connectivity index (χ0) is 17.9. The molecule has 0 spiro atoms. The monoisotopic (exact) mass is 393 g/mol. The maximum Gasteiger partial charge on any atom is 0.244 e. The molecule has 2 atom stereocenters. The van der Waals surface area contributed by atoms with Crippen molar-refractivity contribution in [3.8, 4) is 0 Å². The van der Waals surface area contributed by atoms with E-state index in [0.29, 0.717) is 19.6 Å². The SMILES string of the molecule is CC1CN(C(=O)C(NS(=O)(=O)c2ccccc2F)C(C)C)CCN1.Cl. The Kier molecular flexibility index (Phi) is 7.80. The van der Waals surface area contributed by atoms with Gasteiger partial charge in [-0.15, -0.1) is 12.4 Å². The van der Waals surface area contributed by atoms with Crippen molar-refractivity contribution < 1.29 is 17.6 Å². The first-order valence-electron chi connectivity index (χ1n) is 8.01. The van der Waals surface area contributed by atoms with Gasteiger partial charge < -0.3 is 10.2 Å². The molecule has 2 N–H and O–H groups in total. The maximum absolute atomic E-state index is 13.8. The predicted molar refractivity (Wildman–Crippen MR) is 96.6 cm³/mol. The standard InChI is InChI=1S/C16H24FN3O3S.ClH/c1-11(2)15(16(21)20-9-8-18-12(3)10-20)19-24(22,23)14-7-5-4-6-13(14)17;/h4-7,11-12,15,18-19H,8-10H2,1-3H3;1H. The van der Waals surface area contributed by atoms with Gasteiger partial charge in [-0.25, -0.2) is 12.8 Å². The van der Waals surface area contributed by atoms with Crippen molar-refractivity contribution in [2.45, 2.75) is 37.8 Å². The molecule has 142 valence electrons. The van der Waals surface area contributed by atoms with Crippen LogP contribution in [-0.2, 0) is 14.8 Å². The summed E-state index contributed by atoms with van der Waals surface area (Å²) in [5, 5.41) is 3.23. The molecule has 1 aromatic rings. The number of benzene rings is 1. The number of carbonyl (C=O) groups excluding carboxylic acids is 1. The van der Waals surface area contributed by atoms with Crippen LogP contribution in [0.2, 0.25) is 0 Å². The number of nitrogens with one attached hydrogen (secondary N) is 2. The van der Waals surface area contributed by atoms with E-state index in [9.17, 15) is 17.6 Å². The molecule has 6 nitrogen and oxygen atoms in total. The van der Waals surface area contributed by atoms with Crippen LogP contribution in [0.25, 0.3) is 0 Å². The first kappa shape index (κ1) is 21.8. The van der Waals surface area contributed by atoms with Crippen LogP contribution in [0.3, 0.4) is 0 Å². The van der Waals surface area contributed by atoms with Gasteiger partial charge >= 0.3 is 0 Å². The number of hydrogen-bond donors (Lipinski definition) is 2. The van der Waals surface area contributed by atoms with Gasteiger partial charge in [-0.2, -0.15) is 4.72 Å². The Morgan fingerprint density at radius 1 is 1.36 bits per heavy atom. The number of rotatable bonds is 5. The lowest BCUT2D eigenvalue weighted by molar-refractivity contribution is -0.135. The van der Waals surface area contributed by atoms with Gasteiger partial charge in [0.25, 0.3) is 0 Å². The molecule has 1 aliphatic rings. The van der Waals surface area contributed by atoms with Crippen LogP contribution in [0.15, 0.2) is 29.2 Å². The third-order valence-corrected chi connectivity index (χ3v) is 5.50. The number of hydrogen-bond acceptors (Lipinski definition) is 4. The van der Waals surface area contributed by atoms with Crippen molar-refractivity contribution in [2.24, 2.45) is 5.92 Å². The summed E-state index contributed by atoms with van der Waals surface area (Å²) in [6.07, 6.45) is 0. The molecule has 2 rings (SSSR count). The van der Waals surface area contributed by atoms with E-state index in [-0.39, 0.29) is 30.3 Å². The van der Waals surface area contributed by atoms with Crippen molar-refractivity contribution in [3.05, 3.63) is 30.1 Å². The molecule has 1 fully saturated rings. The Hall–Kier alpha value is -1.22. The van der Waals surface area contributed by atoms with Crippen LogP contribution < -0.4 is 10.0 Å². The molecular weight excluding hydrogens is 369 g/mol. The van der Waals surface area contributed by atoms with Crippen LogP contribution in [0.4, 0.5) is 4.39 Å². The molecule has 0 aliphatic carbocycles. The molecule has 0 bridgehead atoms. The van der Waals surface area contributed by atoms with Gasteiger partial charge in [0.15, 0.2) is 0 Å². The van der Waals surface area contributed by atoms with Crippen LogP contribution >= 0.6 is 12.4 Å². The third kappa shape index (κ3) is 5.37. The molecule has 0 radical (unpaired) electrons. The summed E-state index contributed by atoms with van der Waals surface area (Å²) in [5.74, 6) is -1.38. The molecule has 0 aromatic heterocycles. The Morgan fingerprint density at radius 2 is 2.00 bits per heavy atom. The Morgan fingerprint density at radius 3 is 2.56 bits per heavy atom. The molecule has 1 heterocycles. The van der Waals surface area contributed by atoms with E-state index in [1.54, 1.807) is 18.7 Å². The lowest BCUT2D eigenvalue weighted by atomic mass is 10.0. The average molecular weight is 394 g/mol. The highest BCUT2D eigenvalue weighted by atomic mass is 35.5. The maximum atomic E-state index is 13.8. The summed E-state index contributed by atoms with van der Waals surface area (Å²) in [5.41, 5.74) is 0. The van der Waals surface area contributed by atoms with Crippen LogP contribution in [0, 0.1) is 11.7 Å². The summed E-state index contributed by atoms with van der Waals surface area (Å²) in [4.78, 5) is 14.0. The number of halogens is 2. The number of piperazine rings is 1. The van der Waals surface area contributed by atoms with Gasteiger partial charge in [-0.1, -0.05) is 26.0 Å². The number of nitrogens with zero attached hydrogens (tertiary/aromatic N) is 1. The fourth-order valence-electron chi connectivity index (χ4n) is 2.69. The Balaban J connectivity index is 0.00000312. The summed E-state index contributed by atoms with van der Waals surface area (Å²) in [6.45, 7) is 7.19. The van der Waals surface area contributed by atoms with Gasteiger partial charge in [-0.05, 0) is 25.0 Å². The molecule has 0 saturated carbocycles. The van der Waals surface area contributed by atoms with E-state index in [1.807, 2.05) is 6.92 Å². The van der Waals surface area contributed by atoms with E-state index in [0.717, 1.165) is 6.07 Å². The number of amides is 1. The highest BCUT2D eigenvalue weighted by Gasteiger charge is 2.33. The van der Waals surface area contributed by atoms with Crippen LogP contribution in [0.1, 0.15) is 20.8 Å². The van der Waals surface area contributed by atoms with E-state index in [1.165, 1.54) is 18.2 Å². The van der Waals surface area contributed by atoms with E-state index in [4.69, 9.17) is 0 Å². The topological polar surface area (TPSA) is 78.5 Å². The largest absolute Gasteiger partial charge is 0.338 e. The van der Waals surface area contributed by atoms with E-state index < -0.39 is 26.8 Å². The highest BCUT2D eigenvalue weighted by molar-refractivity contribution is 7.89. The molecule has 1 saturated heterocycles. The zero-order valence-electron chi connectivity index (χ0n) is 14.5. The van der Waals surface area contributed by atoms with Gasteiger partial charge in [-0.3, -0.25) is 4.79 Å². The van der Waals surface area contributed by atoms with E-state index in [2.05, 4.69) is 10.0 Å². The quantitative estimate of drug-likeness (QED) is 0.792. The fraction of sp³-hybridized carbons (Fsp3) is 0.562. The van der Waals surface area contributed by atoms with E-state index >= 15 is 0 Å². The van der Waals surface area contributed by atoms with Crippen LogP contribution in [-0.4, -0.2) is 50.9 Å². The molecule has 9 heteroatoms. The molecule has 2 unspecified atom stereocenters. The van der Waals surface area contributed by atoms with Crippen LogP contribution in [0.5, 0.6) is 0 Å². The minimum Gasteiger partial charge on any atom is -0.338 e. The van der Waals surface area contributed by atoms with Crippen molar-refractivity contribution in [1.29, 1.82) is 0 Å². The van der Waals surface area contributed by atoms with Gasteiger partial charge in [0.05, 0.1) is 0 Å². The molecule has 1 amide bonds. The molecule has 1 aromatic carbocycles. The molecule has 1 aliphatic heterocycles. The highest BCUT2D eigenvalue weighted by Crippen LogP contribution is 2.17. The second kappa shape index (κ2) is 8.93. The fourth-order valence-corrected chi connectivity index (χ4v) is 4.11. The summed E-state index contributed by atoms with van der Waals surface area (Å²) < 4.78 is 41.2. The lowest BCUT2D eigenvalue weighted by Crippen LogP contribution is -2.57. The number of sulfonamides is 1. The second-order valence-electron chi connectivity index (χ2n) is 6.41. The number of carbonyl (C=O) groups is 1. The third-order valence-electron chi connectivity index (χ3n) is 4.02. The first-order valence-corrected chi connectivity index (χ1v) is 9.49. The minimum atomic E-state index is -4.12. The Bertz CT molecular complexity index is 700. The van der Waals surface area contributed by atoms with Crippen molar-refractivity contribution in [1.82, 2.24) is 14.9 Å². The van der Waals surface area contributed by atoms with Crippen molar-refractivity contribution >= 4 is 28.3 Å². The first-order chi connectivity index (χ1) is 11.2. The lowest BCUT2D eigenvalue weighted by Gasteiger charge is -2.35. The normalized spacial score (nSPS) is 19.4.